The van der Waals surface area contributed by atoms with Crippen molar-refractivity contribution in [2.24, 2.45) is 0 Å². The highest BCUT2D eigenvalue weighted by molar-refractivity contribution is 6.30. The largest absolute Gasteiger partial charge is 0.492 e. The minimum atomic E-state index is 0.255. The number of rotatable bonds is 7. The zero-order chi connectivity index (χ0) is 13.4. The molecule has 1 N–H and O–H groups in total. The Morgan fingerprint density at radius 1 is 1.33 bits per heavy atom. The molecule has 18 heavy (non-hydrogen) atoms. The quantitative estimate of drug-likeness (QED) is 0.753. The van der Waals surface area contributed by atoms with Gasteiger partial charge >= 0.3 is 0 Å². The second-order valence-corrected chi connectivity index (χ2v) is 5.01. The molecule has 0 aliphatic carbocycles. The summed E-state index contributed by atoms with van der Waals surface area (Å²) < 4.78 is 5.76. The molecule has 0 heterocycles. The van der Waals surface area contributed by atoms with Crippen LogP contribution in [0, 0.1) is 0 Å². The maximum absolute atomic E-state index is 5.83. The first kappa shape index (κ1) is 15.1. The molecule has 0 aliphatic rings. The van der Waals surface area contributed by atoms with E-state index in [1.165, 1.54) is 5.57 Å². The van der Waals surface area contributed by atoms with Gasteiger partial charge in [0.2, 0.25) is 0 Å². The summed E-state index contributed by atoms with van der Waals surface area (Å²) in [6, 6.07) is 7.72. The van der Waals surface area contributed by atoms with E-state index in [0.717, 1.165) is 23.7 Å². The number of ether oxygens (including phenoxy) is 1. The maximum atomic E-state index is 5.83. The summed E-state index contributed by atoms with van der Waals surface area (Å²) in [5.74, 6) is 0.852. The van der Waals surface area contributed by atoms with Gasteiger partial charge in [-0.3, -0.25) is 0 Å². The van der Waals surface area contributed by atoms with Gasteiger partial charge in [0.05, 0.1) is 6.04 Å². The summed E-state index contributed by atoms with van der Waals surface area (Å²) in [4.78, 5) is 0. The lowest BCUT2D eigenvalue weighted by molar-refractivity contribution is 0.286. The van der Waals surface area contributed by atoms with Crippen LogP contribution in [-0.4, -0.2) is 19.2 Å². The van der Waals surface area contributed by atoms with Crippen LogP contribution in [0.1, 0.15) is 27.2 Å². The van der Waals surface area contributed by atoms with Crippen molar-refractivity contribution in [1.29, 1.82) is 0 Å². The monoisotopic (exact) mass is 267 g/mol. The fraction of sp³-hybridized carbons (Fsp3) is 0.467. The van der Waals surface area contributed by atoms with Crippen LogP contribution in [0.2, 0.25) is 5.02 Å². The second-order valence-electron chi connectivity index (χ2n) is 4.57. The summed E-state index contributed by atoms with van der Waals surface area (Å²) >= 11 is 5.83. The average molecular weight is 268 g/mol. The molecule has 0 bridgehead atoms. The SMILES string of the molecule is CCCNC(C=C(C)C)COc1ccc(Cl)cc1. The van der Waals surface area contributed by atoms with Crippen LogP contribution in [0.3, 0.4) is 0 Å². The first-order valence-electron chi connectivity index (χ1n) is 6.38. The van der Waals surface area contributed by atoms with Crippen molar-refractivity contribution in [3.05, 3.63) is 40.9 Å². The molecule has 0 spiro atoms. The van der Waals surface area contributed by atoms with Crippen molar-refractivity contribution < 1.29 is 4.74 Å². The van der Waals surface area contributed by atoms with Crippen molar-refractivity contribution in [3.8, 4) is 5.75 Å². The standard InChI is InChI=1S/C15H22ClNO/c1-4-9-17-14(10-12(2)3)11-18-15-7-5-13(16)6-8-15/h5-8,10,14,17H,4,9,11H2,1-3H3. The predicted octanol–water partition coefficient (Wildman–Crippen LogP) is 4.05. The van der Waals surface area contributed by atoms with Gasteiger partial charge in [0.25, 0.3) is 0 Å². The van der Waals surface area contributed by atoms with Gasteiger partial charge in [0.1, 0.15) is 12.4 Å². The van der Waals surface area contributed by atoms with Gasteiger partial charge in [-0.15, -0.1) is 0 Å². The third-order valence-corrected chi connectivity index (χ3v) is 2.69. The number of allylic oxidation sites excluding steroid dienone is 1. The first-order valence-corrected chi connectivity index (χ1v) is 6.76. The van der Waals surface area contributed by atoms with Crippen LogP contribution >= 0.6 is 11.6 Å². The molecular weight excluding hydrogens is 246 g/mol. The Hall–Kier alpha value is -0.990. The van der Waals surface area contributed by atoms with Crippen LogP contribution < -0.4 is 10.1 Å². The van der Waals surface area contributed by atoms with Gasteiger partial charge in [0, 0.05) is 5.02 Å². The van der Waals surface area contributed by atoms with Crippen LogP contribution in [-0.2, 0) is 0 Å². The van der Waals surface area contributed by atoms with Crippen molar-refractivity contribution in [3.63, 3.8) is 0 Å². The molecule has 3 heteroatoms. The lowest BCUT2D eigenvalue weighted by atomic mass is 10.2. The summed E-state index contributed by atoms with van der Waals surface area (Å²) in [6.07, 6.45) is 3.32. The molecule has 2 nitrogen and oxygen atoms in total. The fourth-order valence-corrected chi connectivity index (χ4v) is 1.74. The molecule has 1 aromatic rings. The predicted molar refractivity (Wildman–Crippen MR) is 78.5 cm³/mol. The zero-order valence-electron chi connectivity index (χ0n) is 11.4. The minimum absolute atomic E-state index is 0.255. The second kappa shape index (κ2) is 8.17. The maximum Gasteiger partial charge on any atom is 0.119 e. The average Bonchev–Trinajstić information content (AvgIpc) is 2.34. The lowest BCUT2D eigenvalue weighted by Gasteiger charge is -2.16. The molecule has 0 aliphatic heterocycles. The van der Waals surface area contributed by atoms with E-state index in [1.54, 1.807) is 0 Å². The molecule has 1 unspecified atom stereocenters. The molecular formula is C15H22ClNO. The number of hydrogen-bond acceptors (Lipinski definition) is 2. The van der Waals surface area contributed by atoms with Gasteiger partial charge in [-0.2, -0.15) is 0 Å². The van der Waals surface area contributed by atoms with E-state index in [0.29, 0.717) is 6.61 Å². The molecule has 100 valence electrons. The van der Waals surface area contributed by atoms with Gasteiger partial charge in [-0.05, 0) is 51.1 Å². The molecule has 1 atom stereocenters. The summed E-state index contributed by atoms with van der Waals surface area (Å²) in [7, 11) is 0. The Labute approximate surface area is 115 Å². The topological polar surface area (TPSA) is 21.3 Å². The summed E-state index contributed by atoms with van der Waals surface area (Å²) in [6.45, 7) is 7.99. The molecule has 0 saturated heterocycles. The van der Waals surface area contributed by atoms with Crippen LogP contribution in [0.25, 0.3) is 0 Å². The molecule has 0 saturated carbocycles. The first-order chi connectivity index (χ1) is 8.61. The normalized spacial score (nSPS) is 12.0. The fourth-order valence-electron chi connectivity index (χ4n) is 1.61. The van der Waals surface area contributed by atoms with Gasteiger partial charge in [-0.25, -0.2) is 0 Å². The third-order valence-electron chi connectivity index (χ3n) is 2.43. The number of benzene rings is 1. The molecule has 1 rings (SSSR count). The number of nitrogens with one attached hydrogen (secondary N) is 1. The minimum Gasteiger partial charge on any atom is -0.492 e. The van der Waals surface area contributed by atoms with Crippen molar-refractivity contribution in [1.82, 2.24) is 5.32 Å². The van der Waals surface area contributed by atoms with E-state index in [9.17, 15) is 0 Å². The van der Waals surface area contributed by atoms with Crippen LogP contribution in [0.15, 0.2) is 35.9 Å². The zero-order valence-corrected chi connectivity index (χ0v) is 12.1. The van der Waals surface area contributed by atoms with E-state index in [2.05, 4.69) is 32.2 Å². The van der Waals surface area contributed by atoms with E-state index >= 15 is 0 Å². The van der Waals surface area contributed by atoms with Gasteiger partial charge in [0.15, 0.2) is 0 Å². The smallest absolute Gasteiger partial charge is 0.119 e. The van der Waals surface area contributed by atoms with Crippen molar-refractivity contribution in [2.45, 2.75) is 33.2 Å². The highest BCUT2D eigenvalue weighted by Crippen LogP contribution is 2.15. The Kier molecular flexibility index (Phi) is 6.84. The lowest BCUT2D eigenvalue weighted by Crippen LogP contribution is -2.33. The van der Waals surface area contributed by atoms with Crippen LogP contribution in [0.5, 0.6) is 5.75 Å². The van der Waals surface area contributed by atoms with E-state index < -0.39 is 0 Å². The van der Waals surface area contributed by atoms with E-state index in [-0.39, 0.29) is 6.04 Å². The van der Waals surface area contributed by atoms with Crippen molar-refractivity contribution >= 4 is 11.6 Å². The van der Waals surface area contributed by atoms with Crippen molar-refractivity contribution in [2.75, 3.05) is 13.2 Å². The Bertz CT molecular complexity index is 369. The van der Waals surface area contributed by atoms with E-state index in [4.69, 9.17) is 16.3 Å². The third kappa shape index (κ3) is 6.08. The molecule has 0 fully saturated rings. The Morgan fingerprint density at radius 3 is 2.56 bits per heavy atom. The molecule has 0 amide bonds. The molecule has 1 aromatic carbocycles. The Balaban J connectivity index is 2.50. The molecule has 0 radical (unpaired) electrons. The summed E-state index contributed by atoms with van der Waals surface area (Å²) in [5.41, 5.74) is 1.29. The van der Waals surface area contributed by atoms with Gasteiger partial charge < -0.3 is 10.1 Å². The molecule has 0 aromatic heterocycles. The van der Waals surface area contributed by atoms with Gasteiger partial charge in [-0.1, -0.05) is 30.2 Å². The van der Waals surface area contributed by atoms with E-state index in [1.807, 2.05) is 24.3 Å². The van der Waals surface area contributed by atoms with Crippen LogP contribution in [0.4, 0.5) is 0 Å². The Morgan fingerprint density at radius 2 is 2.00 bits per heavy atom. The number of halogens is 1. The highest BCUT2D eigenvalue weighted by Gasteiger charge is 2.05. The number of hydrogen-bond donors (Lipinski definition) is 1. The summed E-state index contributed by atoms with van der Waals surface area (Å²) in [5, 5.41) is 4.18. The highest BCUT2D eigenvalue weighted by atomic mass is 35.5.